The molecule has 100 valence electrons. The molecule has 1 aromatic rings. The Labute approximate surface area is 110 Å². The Kier molecular flexibility index (Phi) is 3.82. The van der Waals surface area contributed by atoms with E-state index >= 15 is 0 Å². The van der Waals surface area contributed by atoms with E-state index in [2.05, 4.69) is 4.98 Å². The number of alkyl halides is 3. The number of H-pyrrole nitrogens is 1. The number of hydrogen-bond acceptors (Lipinski definition) is 2. The second-order valence-corrected chi connectivity index (χ2v) is 6.18. The topological polar surface area (TPSA) is 41.2 Å². The molecule has 1 saturated heterocycles. The summed E-state index contributed by atoms with van der Waals surface area (Å²) in [6.07, 6.45) is -3.47. The Balaban J connectivity index is 2.22. The molecule has 0 amide bonds. The Bertz CT molecular complexity index is 468. The van der Waals surface area contributed by atoms with Gasteiger partial charge in [-0.25, -0.2) is 4.98 Å². The van der Waals surface area contributed by atoms with Crippen LogP contribution in [0.3, 0.4) is 0 Å². The quantitative estimate of drug-likeness (QED) is 0.850. The highest BCUT2D eigenvalue weighted by molar-refractivity contribution is 7.86. The molecule has 3 nitrogen and oxygen atoms in total. The van der Waals surface area contributed by atoms with E-state index < -0.39 is 11.7 Å². The number of nitrogens with zero attached hydrogens (tertiary/aromatic N) is 1. The Morgan fingerprint density at radius 2 is 1.94 bits per heavy atom. The van der Waals surface area contributed by atoms with Crippen molar-refractivity contribution in [2.75, 3.05) is 29.5 Å². The molecule has 2 heterocycles. The third kappa shape index (κ3) is 2.95. The molecule has 1 aliphatic heterocycles. The molecular formula is C10H12ClF3N3S+. The SMILES string of the molecule is N=S1CCN(c2[nH+]cc(C(F)(F)F)cc2Cl)CC1. The predicted octanol–water partition coefficient (Wildman–Crippen LogP) is 2.37. The van der Waals surface area contributed by atoms with Gasteiger partial charge in [0.1, 0.15) is 11.2 Å². The van der Waals surface area contributed by atoms with Crippen LogP contribution in [0.15, 0.2) is 12.3 Å². The van der Waals surface area contributed by atoms with Crippen LogP contribution in [-0.2, 0) is 16.9 Å². The molecule has 1 aliphatic rings. The van der Waals surface area contributed by atoms with Crippen LogP contribution in [0.2, 0.25) is 5.02 Å². The fraction of sp³-hybridized carbons (Fsp3) is 0.500. The highest BCUT2D eigenvalue weighted by atomic mass is 35.5. The maximum absolute atomic E-state index is 12.5. The van der Waals surface area contributed by atoms with E-state index in [-0.39, 0.29) is 15.7 Å². The van der Waals surface area contributed by atoms with Crippen molar-refractivity contribution in [3.05, 3.63) is 22.8 Å². The van der Waals surface area contributed by atoms with E-state index in [1.165, 1.54) is 0 Å². The van der Waals surface area contributed by atoms with Crippen LogP contribution in [0, 0.1) is 4.78 Å². The normalized spacial score (nSPS) is 18.1. The molecule has 0 radical (unpaired) electrons. The van der Waals surface area contributed by atoms with Gasteiger partial charge in [0.25, 0.3) is 5.82 Å². The lowest BCUT2D eigenvalue weighted by Crippen LogP contribution is -2.40. The van der Waals surface area contributed by atoms with Gasteiger partial charge in [-0.15, -0.1) is 0 Å². The fourth-order valence-corrected chi connectivity index (χ4v) is 3.12. The smallest absolute Gasteiger partial charge is 0.280 e. The lowest BCUT2D eigenvalue weighted by Gasteiger charge is -2.23. The zero-order valence-corrected chi connectivity index (χ0v) is 10.9. The van der Waals surface area contributed by atoms with Crippen molar-refractivity contribution in [1.82, 2.24) is 0 Å². The molecular weight excluding hydrogens is 287 g/mol. The van der Waals surface area contributed by atoms with Crippen LogP contribution < -0.4 is 9.88 Å². The van der Waals surface area contributed by atoms with Crippen molar-refractivity contribution in [3.8, 4) is 0 Å². The summed E-state index contributed by atoms with van der Waals surface area (Å²) in [6, 6.07) is 0.933. The molecule has 2 N–H and O–H groups in total. The van der Waals surface area contributed by atoms with Gasteiger partial charge >= 0.3 is 6.18 Å². The van der Waals surface area contributed by atoms with Gasteiger partial charge in [-0.3, -0.25) is 9.68 Å². The zero-order valence-electron chi connectivity index (χ0n) is 9.35. The Morgan fingerprint density at radius 3 is 2.44 bits per heavy atom. The second kappa shape index (κ2) is 5.05. The molecule has 0 bridgehead atoms. The van der Waals surface area contributed by atoms with Crippen LogP contribution in [0.4, 0.5) is 19.0 Å². The van der Waals surface area contributed by atoms with Crippen LogP contribution in [0.25, 0.3) is 0 Å². The van der Waals surface area contributed by atoms with Gasteiger partial charge in [0.2, 0.25) is 0 Å². The number of aromatic amines is 1. The summed E-state index contributed by atoms with van der Waals surface area (Å²) in [7, 11) is -0.338. The third-order valence-electron chi connectivity index (χ3n) is 2.73. The monoisotopic (exact) mass is 298 g/mol. The first kappa shape index (κ1) is 13.6. The number of aromatic nitrogens is 1. The standard InChI is InChI=1S/C10H11ClF3N3S/c11-8-5-7(10(12,13)14)6-16-9(8)17-1-3-18(15)4-2-17/h5-6,15H,1-4H2/p+1. The van der Waals surface area contributed by atoms with E-state index in [4.69, 9.17) is 16.4 Å². The fourth-order valence-electron chi connectivity index (χ4n) is 1.75. The minimum atomic E-state index is -4.39. The average Bonchev–Trinajstić information content (AvgIpc) is 2.29. The van der Waals surface area contributed by atoms with Crippen LogP contribution in [0.5, 0.6) is 0 Å². The molecule has 2 rings (SSSR count). The molecule has 18 heavy (non-hydrogen) atoms. The largest absolute Gasteiger partial charge is 0.419 e. The molecule has 0 unspecified atom stereocenters. The van der Waals surface area contributed by atoms with E-state index in [1.807, 2.05) is 4.90 Å². The maximum Gasteiger partial charge on any atom is 0.419 e. The first-order valence-corrected chi connectivity index (χ1v) is 7.24. The van der Waals surface area contributed by atoms with Crippen molar-refractivity contribution in [2.45, 2.75) is 6.18 Å². The van der Waals surface area contributed by atoms with Gasteiger partial charge < -0.3 is 0 Å². The van der Waals surface area contributed by atoms with Crippen LogP contribution >= 0.6 is 11.6 Å². The van der Waals surface area contributed by atoms with Gasteiger partial charge in [-0.2, -0.15) is 13.2 Å². The zero-order chi connectivity index (χ0) is 13.3. The first-order chi connectivity index (χ1) is 8.38. The van der Waals surface area contributed by atoms with Gasteiger partial charge in [-0.05, 0) is 6.07 Å². The Morgan fingerprint density at radius 1 is 1.33 bits per heavy atom. The summed E-state index contributed by atoms with van der Waals surface area (Å²) in [5.74, 6) is 1.96. The summed E-state index contributed by atoms with van der Waals surface area (Å²) >= 11 is 5.89. The molecule has 8 heteroatoms. The highest BCUT2D eigenvalue weighted by Gasteiger charge is 2.34. The minimum Gasteiger partial charge on any atom is -0.280 e. The van der Waals surface area contributed by atoms with E-state index in [0.717, 1.165) is 23.8 Å². The van der Waals surface area contributed by atoms with Gasteiger partial charge in [0, 0.05) is 11.5 Å². The van der Waals surface area contributed by atoms with E-state index in [9.17, 15) is 13.2 Å². The van der Waals surface area contributed by atoms with Gasteiger partial charge in [0.15, 0.2) is 0 Å². The highest BCUT2D eigenvalue weighted by Crippen LogP contribution is 2.32. The van der Waals surface area contributed by atoms with Gasteiger partial charge in [-0.1, -0.05) is 22.3 Å². The molecule has 0 saturated carbocycles. The summed E-state index contributed by atoms with van der Waals surface area (Å²) < 4.78 is 45.0. The Hall–Kier alpha value is -0.820. The summed E-state index contributed by atoms with van der Waals surface area (Å²) in [5, 5.41) is 0.0663. The molecule has 1 fully saturated rings. The number of anilines is 1. The molecule has 0 spiro atoms. The third-order valence-corrected chi connectivity index (χ3v) is 4.37. The number of halogens is 4. The molecule has 0 aromatic carbocycles. The summed E-state index contributed by atoms with van der Waals surface area (Å²) in [5.41, 5.74) is -0.784. The number of pyridine rings is 1. The van der Waals surface area contributed by atoms with Crippen molar-refractivity contribution < 1.29 is 18.2 Å². The molecule has 0 aliphatic carbocycles. The van der Waals surface area contributed by atoms with Crippen molar-refractivity contribution in [3.63, 3.8) is 0 Å². The molecule has 1 aromatic heterocycles. The van der Waals surface area contributed by atoms with Crippen molar-refractivity contribution in [2.24, 2.45) is 0 Å². The maximum atomic E-state index is 12.5. The second-order valence-electron chi connectivity index (χ2n) is 3.97. The minimum absolute atomic E-state index is 0.0663. The average molecular weight is 299 g/mol. The predicted molar refractivity (Wildman–Crippen MR) is 65.0 cm³/mol. The summed E-state index contributed by atoms with van der Waals surface area (Å²) in [4.78, 5) is 4.50. The first-order valence-electron chi connectivity index (χ1n) is 5.30. The van der Waals surface area contributed by atoms with Crippen LogP contribution in [-0.4, -0.2) is 24.6 Å². The van der Waals surface area contributed by atoms with Crippen molar-refractivity contribution >= 4 is 28.1 Å². The van der Waals surface area contributed by atoms with Crippen LogP contribution in [0.1, 0.15) is 5.56 Å². The van der Waals surface area contributed by atoms with Crippen molar-refractivity contribution in [1.29, 1.82) is 4.78 Å². The lowest BCUT2D eigenvalue weighted by atomic mass is 10.2. The number of hydrogen-bond donors (Lipinski definition) is 1. The number of nitrogens with one attached hydrogen (secondary N) is 2. The van der Waals surface area contributed by atoms with E-state index in [0.29, 0.717) is 18.9 Å². The van der Waals surface area contributed by atoms with Gasteiger partial charge in [0.05, 0.1) is 18.7 Å². The van der Waals surface area contributed by atoms with E-state index in [1.54, 1.807) is 0 Å². The number of rotatable bonds is 1. The molecule has 0 atom stereocenters. The lowest BCUT2D eigenvalue weighted by molar-refractivity contribution is -0.367. The summed E-state index contributed by atoms with van der Waals surface area (Å²) in [6.45, 7) is 1.29.